The van der Waals surface area contributed by atoms with Crippen LogP contribution in [0.15, 0.2) is 0 Å². The zero-order valence-electron chi connectivity index (χ0n) is 12.0. The molecule has 0 aromatic rings. The molecule has 0 unspecified atom stereocenters. The van der Waals surface area contributed by atoms with Crippen molar-refractivity contribution in [3.63, 3.8) is 0 Å². The van der Waals surface area contributed by atoms with Gasteiger partial charge < -0.3 is 18.3 Å². The predicted octanol–water partition coefficient (Wildman–Crippen LogP) is -0.352. The normalized spacial score (nSPS) is 8.30. The molecule has 0 aliphatic carbocycles. The Morgan fingerprint density at radius 3 is 1.70 bits per heavy atom. The Morgan fingerprint density at radius 2 is 1.70 bits per heavy atom. The third kappa shape index (κ3) is 22.7. The quantitative estimate of drug-likeness (QED) is 0.521. The summed E-state index contributed by atoms with van der Waals surface area (Å²) in [7, 11) is -4.17. The fourth-order valence-electron chi connectivity index (χ4n) is 0.168. The number of rotatable bonds is 2. The molecule has 0 saturated heterocycles. The molecule has 0 aliphatic rings. The second-order valence-corrected chi connectivity index (χ2v) is 2.15. The Kier molecular flexibility index (Phi) is 30.4. The van der Waals surface area contributed by atoms with E-state index >= 15 is 0 Å². The van der Waals surface area contributed by atoms with Crippen molar-refractivity contribution in [1.82, 2.24) is 0 Å². The van der Waals surface area contributed by atoms with Crippen molar-refractivity contribution in [1.29, 1.82) is 0 Å². The summed E-state index contributed by atoms with van der Waals surface area (Å²) in [6.45, 7) is 1.56. The summed E-state index contributed by atoms with van der Waals surface area (Å²) >= 11 is 0. The van der Waals surface area contributed by atoms with Crippen molar-refractivity contribution in [3.8, 4) is 0 Å². The van der Waals surface area contributed by atoms with Gasteiger partial charge in [-0.15, -0.1) is 0 Å². The first-order valence-electron chi connectivity index (χ1n) is 1.76. The average Bonchev–Trinajstić information content (AvgIpc) is 1.30. The maximum absolute atomic E-state index is 9.70. The molecule has 0 amide bonds. The van der Waals surface area contributed by atoms with Gasteiger partial charge in [0.1, 0.15) is 0 Å². The van der Waals surface area contributed by atoms with Crippen molar-refractivity contribution in [3.05, 3.63) is 0 Å². The van der Waals surface area contributed by atoms with E-state index in [1.165, 1.54) is 6.92 Å². The first kappa shape index (κ1) is 23.6. The largest absolute Gasteiger partial charge is 2.00 e. The molecule has 10 heavy (non-hydrogen) atoms. The van der Waals surface area contributed by atoms with Gasteiger partial charge in [0.25, 0.3) is 0 Å². The third-order valence-electron chi connectivity index (χ3n) is 0.297. The Hall–Kier alpha value is 3.89. The van der Waals surface area contributed by atoms with E-state index in [2.05, 4.69) is 4.52 Å². The van der Waals surface area contributed by atoms with E-state index in [4.69, 9.17) is 9.79 Å². The maximum Gasteiger partial charge on any atom is 2.00 e. The standard InChI is InChI=1S/C2H7O4P.3Ca.6H/c1-2-6-7(3,4)5;;;;;;;;;/h2H2,1H3,(H2,3,4,5);;;;;;;;;/q;3*+2;6*-1. The number of phosphoric acid groups is 1. The van der Waals surface area contributed by atoms with Crippen molar-refractivity contribution in [2.24, 2.45) is 0 Å². The van der Waals surface area contributed by atoms with Crippen LogP contribution >= 0.6 is 7.82 Å². The first-order valence-corrected chi connectivity index (χ1v) is 3.29. The fourth-order valence-corrected chi connectivity index (χ4v) is 0.505. The van der Waals surface area contributed by atoms with Crippen LogP contribution in [0.25, 0.3) is 0 Å². The van der Waals surface area contributed by atoms with Gasteiger partial charge in [-0.1, -0.05) is 0 Å². The van der Waals surface area contributed by atoms with Gasteiger partial charge >= 0.3 is 121 Å². The molecule has 0 heterocycles. The molecule has 0 aromatic heterocycles. The molecule has 0 aromatic carbocycles. The third-order valence-corrected chi connectivity index (χ3v) is 0.892. The minimum atomic E-state index is -4.17. The van der Waals surface area contributed by atoms with Gasteiger partial charge in [0, 0.05) is 0 Å². The smallest absolute Gasteiger partial charge is 1.00 e. The van der Waals surface area contributed by atoms with Crippen molar-refractivity contribution >= 4 is 121 Å². The summed E-state index contributed by atoms with van der Waals surface area (Å²) in [4.78, 5) is 15.8. The Morgan fingerprint density at radius 1 is 1.40 bits per heavy atom. The molecule has 4 nitrogen and oxygen atoms in total. The SMILES string of the molecule is CCOP(=O)(O)O.[Ca+2].[Ca+2].[Ca+2].[H-].[H-].[H-].[H-].[H-].[H-]. The molecular weight excluding hydrogens is 239 g/mol. The second kappa shape index (κ2) is 12.9. The van der Waals surface area contributed by atoms with Gasteiger partial charge in [0.2, 0.25) is 0 Å². The summed E-state index contributed by atoms with van der Waals surface area (Å²) in [6, 6.07) is 0. The molecule has 2 N–H and O–H groups in total. The van der Waals surface area contributed by atoms with E-state index in [1.54, 1.807) is 0 Å². The number of phosphoric ester groups is 1. The molecule has 0 spiro atoms. The zero-order chi connectivity index (χ0) is 5.91. The maximum atomic E-state index is 9.70. The van der Waals surface area contributed by atoms with Crippen LogP contribution in [0.4, 0.5) is 0 Å². The van der Waals surface area contributed by atoms with E-state index in [0.717, 1.165) is 0 Å². The topological polar surface area (TPSA) is 66.8 Å². The van der Waals surface area contributed by atoms with Gasteiger partial charge in [-0.2, -0.15) is 0 Å². The molecule has 8 heteroatoms. The summed E-state index contributed by atoms with van der Waals surface area (Å²) in [5.41, 5.74) is 0. The monoisotopic (exact) mass is 252 g/mol. The Labute approximate surface area is 159 Å². The molecule has 0 aliphatic heterocycles. The van der Waals surface area contributed by atoms with E-state index in [9.17, 15) is 4.57 Å². The Balaban J connectivity index is -0.00000000500. The van der Waals surface area contributed by atoms with Crippen molar-refractivity contribution < 1.29 is 27.4 Å². The van der Waals surface area contributed by atoms with Crippen LogP contribution < -0.4 is 0 Å². The molecule has 0 fully saturated rings. The molecule has 0 rings (SSSR count). The first-order chi connectivity index (χ1) is 3.06. The van der Waals surface area contributed by atoms with Gasteiger partial charge in [-0.05, 0) is 6.92 Å². The van der Waals surface area contributed by atoms with Gasteiger partial charge in [0.15, 0.2) is 0 Å². The van der Waals surface area contributed by atoms with Crippen LogP contribution in [0.2, 0.25) is 0 Å². The minimum Gasteiger partial charge on any atom is -1.00 e. The van der Waals surface area contributed by atoms with Crippen LogP contribution in [0.5, 0.6) is 0 Å². The molecule has 56 valence electrons. The van der Waals surface area contributed by atoms with Gasteiger partial charge in [-0.3, -0.25) is 4.52 Å². The summed E-state index contributed by atoms with van der Waals surface area (Å²) in [6.07, 6.45) is 0. The van der Waals surface area contributed by atoms with E-state index in [0.29, 0.717) is 0 Å². The molecule has 0 atom stereocenters. The predicted molar refractivity (Wildman–Crippen MR) is 47.6 cm³/mol. The van der Waals surface area contributed by atoms with Crippen molar-refractivity contribution in [2.45, 2.75) is 6.92 Å². The average molecular weight is 252 g/mol. The van der Waals surface area contributed by atoms with Crippen molar-refractivity contribution in [2.75, 3.05) is 6.61 Å². The minimum absolute atomic E-state index is 0. The fraction of sp³-hybridized carbons (Fsp3) is 1.00. The molecular formula is C2H13Ca3O4P. The van der Waals surface area contributed by atoms with Gasteiger partial charge in [0.05, 0.1) is 6.61 Å². The van der Waals surface area contributed by atoms with Crippen LogP contribution in [-0.4, -0.2) is 130 Å². The molecule has 0 radical (unpaired) electrons. The summed E-state index contributed by atoms with van der Waals surface area (Å²) in [5.74, 6) is 0. The summed E-state index contributed by atoms with van der Waals surface area (Å²) < 4.78 is 13.6. The van der Waals surface area contributed by atoms with Gasteiger partial charge in [-0.25, -0.2) is 4.57 Å². The number of hydrogen-bond donors (Lipinski definition) is 2. The molecule has 0 bridgehead atoms. The van der Waals surface area contributed by atoms with E-state index in [-0.39, 0.29) is 128 Å². The Bertz CT molecular complexity index is 108. The van der Waals surface area contributed by atoms with E-state index < -0.39 is 7.82 Å². The van der Waals surface area contributed by atoms with Crippen LogP contribution in [-0.2, 0) is 9.09 Å². The number of hydrogen-bond acceptors (Lipinski definition) is 2. The van der Waals surface area contributed by atoms with E-state index in [1.807, 2.05) is 0 Å². The summed E-state index contributed by atoms with van der Waals surface area (Å²) in [5, 5.41) is 0. The van der Waals surface area contributed by atoms with Crippen LogP contribution in [0, 0.1) is 0 Å². The second-order valence-electron chi connectivity index (χ2n) is 0.908. The van der Waals surface area contributed by atoms with Crippen LogP contribution in [0.1, 0.15) is 15.5 Å². The molecule has 0 saturated carbocycles. The zero-order valence-corrected chi connectivity index (χ0v) is 13.5. The van der Waals surface area contributed by atoms with Crippen LogP contribution in [0.3, 0.4) is 0 Å².